The second-order valence-electron chi connectivity index (χ2n) is 6.68. The van der Waals surface area contributed by atoms with E-state index in [1.807, 2.05) is 43.8 Å². The van der Waals surface area contributed by atoms with Gasteiger partial charge in [-0.05, 0) is 43.2 Å². The van der Waals surface area contributed by atoms with Crippen molar-refractivity contribution in [2.75, 3.05) is 36.5 Å². The smallest absolute Gasteiger partial charge is 0.313 e. The lowest BCUT2D eigenvalue weighted by Crippen LogP contribution is -2.44. The van der Waals surface area contributed by atoms with Crippen LogP contribution in [0.25, 0.3) is 0 Å². The predicted octanol–water partition coefficient (Wildman–Crippen LogP) is 2.74. The molecule has 1 aromatic carbocycles. The number of hydrogen-bond donors (Lipinski definition) is 2. The molecule has 1 fully saturated rings. The molecule has 1 aliphatic heterocycles. The van der Waals surface area contributed by atoms with Crippen LogP contribution in [-0.4, -0.2) is 47.9 Å². The highest BCUT2D eigenvalue weighted by molar-refractivity contribution is 7.99. The van der Waals surface area contributed by atoms with Crippen molar-refractivity contribution in [1.29, 1.82) is 0 Å². The Balaban J connectivity index is 1.59. The molecule has 2 heterocycles. The maximum Gasteiger partial charge on any atom is 0.313 e. The third kappa shape index (κ3) is 5.14. The summed E-state index contributed by atoms with van der Waals surface area (Å²) in [4.78, 5) is 26.8. The number of rotatable bonds is 5. The minimum Gasteiger partial charge on any atom is -0.472 e. The average molecular weight is 388 g/mol. The molecule has 0 radical (unpaired) electrons. The molecule has 0 aliphatic carbocycles. The van der Waals surface area contributed by atoms with Crippen molar-refractivity contribution >= 4 is 29.3 Å². The standard InChI is InChI=1S/C20H25N3O3S/c1-14-3-4-17(11-15(14)2)22-20(25)19(24)21-12-18(16-5-8-26-13-16)23-6-9-27-10-7-23/h3-5,8,11,13,18H,6-7,9-10,12H2,1-2H3,(H,21,24)(H,22,25). The summed E-state index contributed by atoms with van der Waals surface area (Å²) < 4.78 is 5.22. The van der Waals surface area contributed by atoms with Crippen LogP contribution in [0.4, 0.5) is 5.69 Å². The molecule has 0 saturated carbocycles. The third-order valence-electron chi connectivity index (χ3n) is 4.84. The van der Waals surface area contributed by atoms with Gasteiger partial charge >= 0.3 is 11.8 Å². The van der Waals surface area contributed by atoms with Gasteiger partial charge in [-0.15, -0.1) is 0 Å². The van der Waals surface area contributed by atoms with Gasteiger partial charge in [-0.2, -0.15) is 11.8 Å². The van der Waals surface area contributed by atoms with Gasteiger partial charge < -0.3 is 15.1 Å². The number of aryl methyl sites for hydroxylation is 2. The lowest BCUT2D eigenvalue weighted by atomic mass is 10.1. The van der Waals surface area contributed by atoms with Gasteiger partial charge in [0.05, 0.1) is 18.6 Å². The highest BCUT2D eigenvalue weighted by Gasteiger charge is 2.25. The number of carbonyl (C=O) groups is 2. The summed E-state index contributed by atoms with van der Waals surface area (Å²) in [6.07, 6.45) is 3.34. The van der Waals surface area contributed by atoms with Crippen LogP contribution < -0.4 is 10.6 Å². The van der Waals surface area contributed by atoms with E-state index in [4.69, 9.17) is 4.42 Å². The number of thioether (sulfide) groups is 1. The Kier molecular flexibility index (Phi) is 6.58. The number of nitrogens with zero attached hydrogens (tertiary/aromatic N) is 1. The van der Waals surface area contributed by atoms with Crippen LogP contribution >= 0.6 is 11.8 Å². The molecule has 6 nitrogen and oxygen atoms in total. The Hall–Kier alpha value is -2.25. The second-order valence-corrected chi connectivity index (χ2v) is 7.91. The second kappa shape index (κ2) is 9.10. The third-order valence-corrected chi connectivity index (χ3v) is 5.78. The van der Waals surface area contributed by atoms with Crippen LogP contribution in [0.15, 0.2) is 41.2 Å². The van der Waals surface area contributed by atoms with E-state index in [1.54, 1.807) is 18.6 Å². The first-order chi connectivity index (χ1) is 13.0. The summed E-state index contributed by atoms with van der Waals surface area (Å²) >= 11 is 1.93. The maximum absolute atomic E-state index is 12.3. The molecule has 2 amide bonds. The number of hydrogen-bond acceptors (Lipinski definition) is 5. The van der Waals surface area contributed by atoms with Gasteiger partial charge in [-0.1, -0.05) is 6.07 Å². The molecule has 1 atom stereocenters. The van der Waals surface area contributed by atoms with E-state index in [-0.39, 0.29) is 6.04 Å². The fraction of sp³-hybridized carbons (Fsp3) is 0.400. The number of carbonyl (C=O) groups excluding carboxylic acids is 2. The van der Waals surface area contributed by atoms with Crippen LogP contribution in [0.3, 0.4) is 0 Å². The molecular weight excluding hydrogens is 362 g/mol. The zero-order valence-electron chi connectivity index (χ0n) is 15.7. The van der Waals surface area contributed by atoms with E-state index >= 15 is 0 Å². The monoisotopic (exact) mass is 387 g/mol. The lowest BCUT2D eigenvalue weighted by Gasteiger charge is -2.33. The van der Waals surface area contributed by atoms with Gasteiger partial charge in [0, 0.05) is 42.4 Å². The molecule has 2 N–H and O–H groups in total. The van der Waals surface area contributed by atoms with Crippen LogP contribution in [0.2, 0.25) is 0 Å². The molecule has 1 unspecified atom stereocenters. The topological polar surface area (TPSA) is 74.6 Å². The van der Waals surface area contributed by atoms with Crippen molar-refractivity contribution in [2.45, 2.75) is 19.9 Å². The Labute approximate surface area is 163 Å². The van der Waals surface area contributed by atoms with Crippen molar-refractivity contribution in [1.82, 2.24) is 10.2 Å². The van der Waals surface area contributed by atoms with Gasteiger partial charge in [0.2, 0.25) is 0 Å². The number of benzene rings is 1. The van der Waals surface area contributed by atoms with Gasteiger partial charge in [-0.25, -0.2) is 0 Å². The number of nitrogens with one attached hydrogen (secondary N) is 2. The largest absolute Gasteiger partial charge is 0.472 e. The van der Waals surface area contributed by atoms with Crippen LogP contribution in [-0.2, 0) is 9.59 Å². The highest BCUT2D eigenvalue weighted by atomic mass is 32.2. The first-order valence-corrected chi connectivity index (χ1v) is 10.2. The minimum absolute atomic E-state index is 0.00280. The van der Waals surface area contributed by atoms with Gasteiger partial charge in [0.15, 0.2) is 0 Å². The molecule has 0 spiro atoms. The van der Waals surface area contributed by atoms with Crippen molar-refractivity contribution in [3.8, 4) is 0 Å². The van der Waals surface area contributed by atoms with E-state index in [0.717, 1.165) is 41.3 Å². The van der Waals surface area contributed by atoms with E-state index in [0.29, 0.717) is 12.2 Å². The molecule has 2 aromatic rings. The Morgan fingerprint density at radius 3 is 2.59 bits per heavy atom. The predicted molar refractivity (Wildman–Crippen MR) is 108 cm³/mol. The first kappa shape index (κ1) is 19.5. The van der Waals surface area contributed by atoms with Crippen molar-refractivity contribution in [2.24, 2.45) is 0 Å². The highest BCUT2D eigenvalue weighted by Crippen LogP contribution is 2.24. The quantitative estimate of drug-likeness (QED) is 0.772. The summed E-state index contributed by atoms with van der Waals surface area (Å²) in [5.41, 5.74) is 3.84. The Morgan fingerprint density at radius 1 is 1.15 bits per heavy atom. The molecule has 1 saturated heterocycles. The van der Waals surface area contributed by atoms with E-state index in [1.165, 1.54) is 0 Å². The van der Waals surface area contributed by atoms with Gasteiger partial charge in [-0.3, -0.25) is 14.5 Å². The summed E-state index contributed by atoms with van der Waals surface area (Å²) in [7, 11) is 0. The molecular formula is C20H25N3O3S. The zero-order chi connectivity index (χ0) is 19.2. The molecule has 144 valence electrons. The minimum atomic E-state index is -0.654. The van der Waals surface area contributed by atoms with Crippen LogP contribution in [0.5, 0.6) is 0 Å². The fourth-order valence-electron chi connectivity index (χ4n) is 3.09. The Morgan fingerprint density at radius 2 is 1.93 bits per heavy atom. The molecule has 1 aliphatic rings. The summed E-state index contributed by atoms with van der Waals surface area (Å²) in [5, 5.41) is 5.43. The molecule has 1 aromatic heterocycles. The van der Waals surface area contributed by atoms with Crippen molar-refractivity contribution in [3.05, 3.63) is 53.5 Å². The summed E-state index contributed by atoms with van der Waals surface area (Å²) in [6, 6.07) is 7.50. The van der Waals surface area contributed by atoms with Gasteiger partial charge in [0.1, 0.15) is 0 Å². The molecule has 0 bridgehead atoms. The fourth-order valence-corrected chi connectivity index (χ4v) is 4.02. The molecule has 7 heteroatoms. The normalized spacial score (nSPS) is 15.9. The van der Waals surface area contributed by atoms with Crippen molar-refractivity contribution in [3.63, 3.8) is 0 Å². The summed E-state index contributed by atoms with van der Waals surface area (Å²) in [5.74, 6) is 0.844. The van der Waals surface area contributed by atoms with Crippen LogP contribution in [0, 0.1) is 13.8 Å². The zero-order valence-corrected chi connectivity index (χ0v) is 16.5. The number of furan rings is 1. The lowest BCUT2D eigenvalue weighted by molar-refractivity contribution is -0.136. The molecule has 3 rings (SSSR count). The average Bonchev–Trinajstić information content (AvgIpc) is 3.20. The van der Waals surface area contributed by atoms with Gasteiger partial charge in [0.25, 0.3) is 0 Å². The van der Waals surface area contributed by atoms with Crippen LogP contribution in [0.1, 0.15) is 22.7 Å². The SMILES string of the molecule is Cc1ccc(NC(=O)C(=O)NCC(c2ccoc2)N2CCSCC2)cc1C. The summed E-state index contributed by atoms with van der Waals surface area (Å²) in [6.45, 7) is 6.24. The Bertz CT molecular complexity index is 786. The van der Waals surface area contributed by atoms with E-state index in [2.05, 4.69) is 15.5 Å². The van der Waals surface area contributed by atoms with Crippen molar-refractivity contribution < 1.29 is 14.0 Å². The maximum atomic E-state index is 12.3. The number of amides is 2. The van der Waals surface area contributed by atoms with E-state index in [9.17, 15) is 9.59 Å². The first-order valence-electron chi connectivity index (χ1n) is 9.05. The molecule has 27 heavy (non-hydrogen) atoms. The number of anilines is 1. The van der Waals surface area contributed by atoms with E-state index < -0.39 is 11.8 Å².